The summed E-state index contributed by atoms with van der Waals surface area (Å²) in [6, 6.07) is 6.59. The van der Waals surface area contributed by atoms with Crippen molar-refractivity contribution in [2.45, 2.75) is 95.8 Å². The molecule has 1 fully saturated rings. The minimum absolute atomic E-state index is 0.178. The quantitative estimate of drug-likeness (QED) is 0.295. The van der Waals surface area contributed by atoms with E-state index in [0.29, 0.717) is 12.0 Å². The van der Waals surface area contributed by atoms with Crippen LogP contribution in [0.1, 0.15) is 63.9 Å². The van der Waals surface area contributed by atoms with Crippen molar-refractivity contribution in [3.05, 3.63) is 29.8 Å². The number of unbranched alkanes of at least 4 members (excludes halogenated alkanes) is 6. The summed E-state index contributed by atoms with van der Waals surface area (Å²) in [5, 5.41) is 39.8. The van der Waals surface area contributed by atoms with Gasteiger partial charge in [-0.15, -0.1) is 0 Å². The Hall–Kier alpha value is -1.71. The van der Waals surface area contributed by atoms with Gasteiger partial charge in [-0.3, -0.25) is 9.53 Å². The molecule has 1 aromatic rings. The molecule has 1 aliphatic heterocycles. The van der Waals surface area contributed by atoms with Crippen molar-refractivity contribution >= 4 is 5.97 Å². The van der Waals surface area contributed by atoms with Crippen molar-refractivity contribution in [3.63, 3.8) is 0 Å². The fourth-order valence-electron chi connectivity index (χ4n) is 3.30. The Kier molecular flexibility index (Phi) is 10.5. The molecule has 1 aromatic carbocycles. The molecule has 0 aromatic heterocycles. The summed E-state index contributed by atoms with van der Waals surface area (Å²) in [7, 11) is 0. The molecule has 0 saturated carbocycles. The van der Waals surface area contributed by atoms with Gasteiger partial charge < -0.3 is 29.9 Å². The number of benzene rings is 1. The van der Waals surface area contributed by atoms with Gasteiger partial charge in [-0.2, -0.15) is 0 Å². The molecule has 1 heterocycles. The number of carbonyl (C=O) groups is 1. The van der Waals surface area contributed by atoms with E-state index in [1.54, 1.807) is 24.3 Å². The molecule has 30 heavy (non-hydrogen) atoms. The van der Waals surface area contributed by atoms with Crippen LogP contribution in [0.25, 0.3) is 0 Å². The van der Waals surface area contributed by atoms with Crippen LogP contribution in [-0.2, 0) is 20.9 Å². The molecule has 8 nitrogen and oxygen atoms in total. The average Bonchev–Trinajstić information content (AvgIpc) is 2.75. The average molecular weight is 427 g/mol. The van der Waals surface area contributed by atoms with E-state index in [-0.39, 0.29) is 18.8 Å². The van der Waals surface area contributed by atoms with Crippen molar-refractivity contribution in [2.24, 2.45) is 0 Å². The Morgan fingerprint density at radius 3 is 2.27 bits per heavy atom. The van der Waals surface area contributed by atoms with Crippen molar-refractivity contribution in [3.8, 4) is 5.75 Å². The van der Waals surface area contributed by atoms with Crippen molar-refractivity contribution in [2.75, 3.05) is 0 Å². The van der Waals surface area contributed by atoms with Crippen LogP contribution in [0.15, 0.2) is 24.3 Å². The van der Waals surface area contributed by atoms with Gasteiger partial charge in [-0.05, 0) is 12.5 Å². The molecule has 1 saturated heterocycles. The topological polar surface area (TPSA) is 126 Å². The Morgan fingerprint density at radius 1 is 0.933 bits per heavy atom. The summed E-state index contributed by atoms with van der Waals surface area (Å²) in [5.74, 6) is -0.300. The highest BCUT2D eigenvalue weighted by molar-refractivity contribution is 5.69. The van der Waals surface area contributed by atoms with Crippen molar-refractivity contribution < 1.29 is 39.4 Å². The largest absolute Gasteiger partial charge is 0.461 e. The lowest BCUT2D eigenvalue weighted by molar-refractivity contribution is -0.324. The number of para-hydroxylation sites is 1. The summed E-state index contributed by atoms with van der Waals surface area (Å²) in [6.07, 6.45) is -0.0715. The van der Waals surface area contributed by atoms with E-state index in [2.05, 4.69) is 6.92 Å². The molecule has 5 atom stereocenters. The number of carbonyl (C=O) groups excluding carboxylic acids is 1. The van der Waals surface area contributed by atoms with Crippen LogP contribution in [0.5, 0.6) is 5.75 Å². The number of hydrogen-bond acceptors (Lipinski definition) is 8. The Balaban J connectivity index is 1.85. The fourth-order valence-corrected chi connectivity index (χ4v) is 3.30. The summed E-state index contributed by atoms with van der Waals surface area (Å²) >= 11 is 0. The van der Waals surface area contributed by atoms with Gasteiger partial charge in [0, 0.05) is 12.0 Å². The monoisotopic (exact) mass is 426 g/mol. The van der Waals surface area contributed by atoms with E-state index >= 15 is 0 Å². The predicted octanol–water partition coefficient (Wildman–Crippen LogP) is 2.01. The molecule has 2 rings (SSSR count). The first kappa shape index (κ1) is 24.6. The van der Waals surface area contributed by atoms with Gasteiger partial charge in [-0.1, -0.05) is 63.6 Å². The third-order valence-electron chi connectivity index (χ3n) is 5.14. The van der Waals surface area contributed by atoms with Crippen LogP contribution in [0.2, 0.25) is 0 Å². The number of ether oxygens (including phenoxy) is 3. The van der Waals surface area contributed by atoms with E-state index in [4.69, 9.17) is 14.2 Å². The maximum atomic E-state index is 12.1. The molecule has 1 aliphatic rings. The smallest absolute Gasteiger partial charge is 0.308 e. The summed E-state index contributed by atoms with van der Waals surface area (Å²) < 4.78 is 16.2. The van der Waals surface area contributed by atoms with Crippen molar-refractivity contribution in [1.82, 2.24) is 0 Å². The minimum Gasteiger partial charge on any atom is -0.461 e. The zero-order chi connectivity index (χ0) is 21.9. The highest BCUT2D eigenvalue weighted by atomic mass is 16.8. The third-order valence-corrected chi connectivity index (χ3v) is 5.14. The second-order valence-corrected chi connectivity index (χ2v) is 7.59. The number of aliphatic hydroxyl groups excluding tert-OH is 4. The summed E-state index contributed by atoms with van der Waals surface area (Å²) in [6.45, 7) is 1.87. The number of rotatable bonds is 12. The molecule has 0 bridgehead atoms. The van der Waals surface area contributed by atoms with Gasteiger partial charge in [0.05, 0.1) is 6.61 Å². The van der Waals surface area contributed by atoms with E-state index in [0.717, 1.165) is 19.3 Å². The SMILES string of the molecule is CCCCCCCCCC(=O)O[C@H]1O[C@@H](Oc2ccccc2CO)[C@H](O)[C@@H](O)[C@@H]1O. The predicted molar refractivity (Wildman–Crippen MR) is 108 cm³/mol. The first-order valence-corrected chi connectivity index (χ1v) is 10.7. The Bertz CT molecular complexity index is 637. The van der Waals surface area contributed by atoms with Gasteiger partial charge in [0.1, 0.15) is 24.1 Å². The Morgan fingerprint density at radius 2 is 1.57 bits per heavy atom. The van der Waals surface area contributed by atoms with Crippen LogP contribution in [-0.4, -0.2) is 57.3 Å². The molecule has 8 heteroatoms. The van der Waals surface area contributed by atoms with E-state index in [9.17, 15) is 25.2 Å². The van der Waals surface area contributed by atoms with Crippen LogP contribution in [0.4, 0.5) is 0 Å². The first-order valence-electron chi connectivity index (χ1n) is 10.7. The lowest BCUT2D eigenvalue weighted by Crippen LogP contribution is -2.60. The van der Waals surface area contributed by atoms with E-state index < -0.39 is 36.9 Å². The first-order chi connectivity index (χ1) is 14.5. The molecular formula is C22H34O8. The number of hydrogen-bond donors (Lipinski definition) is 4. The van der Waals surface area contributed by atoms with Gasteiger partial charge in [0.2, 0.25) is 12.6 Å². The van der Waals surface area contributed by atoms with Crippen LogP contribution < -0.4 is 4.74 Å². The van der Waals surface area contributed by atoms with Crippen LogP contribution in [0.3, 0.4) is 0 Å². The van der Waals surface area contributed by atoms with Gasteiger partial charge in [0.15, 0.2) is 0 Å². The van der Waals surface area contributed by atoms with Crippen LogP contribution in [0, 0.1) is 0 Å². The second-order valence-electron chi connectivity index (χ2n) is 7.59. The zero-order valence-electron chi connectivity index (χ0n) is 17.5. The fraction of sp³-hybridized carbons (Fsp3) is 0.682. The molecule has 0 spiro atoms. The molecule has 170 valence electrons. The van der Waals surface area contributed by atoms with Gasteiger partial charge in [0.25, 0.3) is 0 Å². The standard InChI is InChI=1S/C22H34O8/c1-2-3-4-5-6-7-8-13-17(24)29-22-20(27)18(25)19(26)21(30-22)28-16-12-10-9-11-15(16)14-23/h9-12,18-23,25-27H,2-8,13-14H2,1H3/t18-,19-,20+,21-,22+/m1/s1. The van der Waals surface area contributed by atoms with E-state index in [1.807, 2.05) is 0 Å². The molecule has 0 radical (unpaired) electrons. The van der Waals surface area contributed by atoms with E-state index in [1.165, 1.54) is 19.3 Å². The van der Waals surface area contributed by atoms with Crippen LogP contribution >= 0.6 is 0 Å². The highest BCUT2D eigenvalue weighted by Gasteiger charge is 2.47. The van der Waals surface area contributed by atoms with Gasteiger partial charge >= 0.3 is 5.97 Å². The lowest BCUT2D eigenvalue weighted by atomic mass is 10.0. The normalized spacial score (nSPS) is 26.4. The summed E-state index contributed by atoms with van der Waals surface area (Å²) in [5.41, 5.74) is 0.460. The molecule has 4 N–H and O–H groups in total. The summed E-state index contributed by atoms with van der Waals surface area (Å²) in [4.78, 5) is 12.1. The number of esters is 1. The molecule has 0 unspecified atom stereocenters. The van der Waals surface area contributed by atoms with Gasteiger partial charge in [-0.25, -0.2) is 0 Å². The lowest BCUT2D eigenvalue weighted by Gasteiger charge is -2.39. The molecule has 0 amide bonds. The third kappa shape index (κ3) is 7.21. The zero-order valence-corrected chi connectivity index (χ0v) is 17.5. The minimum atomic E-state index is -1.62. The number of aliphatic hydroxyl groups is 4. The molecular weight excluding hydrogens is 392 g/mol. The molecule has 0 aliphatic carbocycles. The maximum Gasteiger partial charge on any atom is 0.308 e. The van der Waals surface area contributed by atoms with Crippen molar-refractivity contribution in [1.29, 1.82) is 0 Å². The second kappa shape index (κ2) is 12.9. The maximum absolute atomic E-state index is 12.1. The highest BCUT2D eigenvalue weighted by Crippen LogP contribution is 2.27. The Labute approximate surface area is 177 Å².